The van der Waals surface area contributed by atoms with Crippen molar-refractivity contribution in [3.63, 3.8) is 0 Å². The van der Waals surface area contributed by atoms with Crippen molar-refractivity contribution in [3.05, 3.63) is 41.2 Å². The lowest BCUT2D eigenvalue weighted by atomic mass is 9.93. The summed E-state index contributed by atoms with van der Waals surface area (Å²) in [6, 6.07) is 7.76. The van der Waals surface area contributed by atoms with Crippen LogP contribution in [-0.2, 0) is 14.3 Å². The van der Waals surface area contributed by atoms with E-state index in [2.05, 4.69) is 15.9 Å². The zero-order valence-electron chi connectivity index (χ0n) is 14.3. The number of carbonyl (C=O) groups is 1. The van der Waals surface area contributed by atoms with Crippen molar-refractivity contribution in [2.75, 3.05) is 0 Å². The molecule has 4 nitrogen and oxygen atoms in total. The third-order valence-electron chi connectivity index (χ3n) is 4.77. The van der Waals surface area contributed by atoms with Crippen molar-refractivity contribution < 1.29 is 19.4 Å². The van der Waals surface area contributed by atoms with Gasteiger partial charge < -0.3 is 14.6 Å². The second-order valence-corrected chi connectivity index (χ2v) is 9.07. The lowest BCUT2D eigenvalue weighted by molar-refractivity contribution is -0.153. The standard InChI is InChI=1S/C19H23BrO4/c1-12-8-4-5-9-13(12)14-15(23-17(22)18(2,3)20)19(24-16(14)21)10-6-7-11-19/h4-5,8-9,16,21H,6-7,10-11H2,1-3H3. The van der Waals surface area contributed by atoms with Crippen molar-refractivity contribution in [1.82, 2.24) is 0 Å². The highest BCUT2D eigenvalue weighted by molar-refractivity contribution is 9.10. The molecule has 1 saturated carbocycles. The topological polar surface area (TPSA) is 55.8 Å². The molecule has 1 fully saturated rings. The molecule has 1 aromatic carbocycles. The first-order chi connectivity index (χ1) is 11.2. The highest BCUT2D eigenvalue weighted by Gasteiger charge is 2.52. The fourth-order valence-corrected chi connectivity index (χ4v) is 3.55. The van der Waals surface area contributed by atoms with E-state index in [0.717, 1.165) is 36.8 Å². The van der Waals surface area contributed by atoms with Crippen LogP contribution in [0.5, 0.6) is 0 Å². The molecule has 1 heterocycles. The Morgan fingerprint density at radius 3 is 2.54 bits per heavy atom. The quantitative estimate of drug-likeness (QED) is 0.619. The normalized spacial score (nSPS) is 23.1. The van der Waals surface area contributed by atoms with E-state index in [-0.39, 0.29) is 5.97 Å². The molecular formula is C19H23BrO4. The Bertz CT molecular complexity index is 681. The largest absolute Gasteiger partial charge is 0.426 e. The van der Waals surface area contributed by atoms with Crippen LogP contribution >= 0.6 is 15.9 Å². The number of benzene rings is 1. The summed E-state index contributed by atoms with van der Waals surface area (Å²) in [6.07, 6.45) is 2.42. The van der Waals surface area contributed by atoms with Crippen LogP contribution in [0.15, 0.2) is 30.0 Å². The summed E-state index contributed by atoms with van der Waals surface area (Å²) in [7, 11) is 0. The number of aryl methyl sites for hydroxylation is 1. The Kier molecular flexibility index (Phi) is 4.62. The number of carbonyl (C=O) groups excluding carboxylic acids is 1. The van der Waals surface area contributed by atoms with Gasteiger partial charge in [0.25, 0.3) is 0 Å². The summed E-state index contributed by atoms with van der Waals surface area (Å²) < 4.78 is 11.0. The van der Waals surface area contributed by atoms with E-state index in [1.807, 2.05) is 31.2 Å². The average molecular weight is 395 g/mol. The van der Waals surface area contributed by atoms with Crippen LogP contribution in [0.25, 0.3) is 5.57 Å². The number of rotatable bonds is 3. The number of ether oxygens (including phenoxy) is 2. The molecule has 2 aliphatic rings. The molecule has 1 atom stereocenters. The van der Waals surface area contributed by atoms with Crippen LogP contribution < -0.4 is 0 Å². The summed E-state index contributed by atoms with van der Waals surface area (Å²) in [4.78, 5) is 12.5. The summed E-state index contributed by atoms with van der Waals surface area (Å²) in [5.41, 5.74) is 1.77. The van der Waals surface area contributed by atoms with Crippen LogP contribution in [0.1, 0.15) is 50.7 Å². The minimum atomic E-state index is -1.08. The molecule has 1 N–H and O–H groups in total. The third kappa shape index (κ3) is 3.05. The maximum Gasteiger partial charge on any atom is 0.327 e. The zero-order valence-corrected chi connectivity index (χ0v) is 15.9. The van der Waals surface area contributed by atoms with Gasteiger partial charge in [0.2, 0.25) is 0 Å². The lowest BCUT2D eigenvalue weighted by Gasteiger charge is -2.27. The second-order valence-electron chi connectivity index (χ2n) is 7.09. The fourth-order valence-electron chi connectivity index (χ4n) is 3.47. The molecule has 24 heavy (non-hydrogen) atoms. The highest BCUT2D eigenvalue weighted by Crippen LogP contribution is 2.50. The Balaban J connectivity index is 2.12. The van der Waals surface area contributed by atoms with Gasteiger partial charge in [0, 0.05) is 0 Å². The first-order valence-corrected chi connectivity index (χ1v) is 9.12. The second kappa shape index (κ2) is 6.28. The molecule has 0 amide bonds. The Labute approximate surface area is 151 Å². The average Bonchev–Trinajstić information content (AvgIpc) is 3.06. The van der Waals surface area contributed by atoms with E-state index in [1.54, 1.807) is 13.8 Å². The summed E-state index contributed by atoms with van der Waals surface area (Å²) in [6.45, 7) is 5.47. The summed E-state index contributed by atoms with van der Waals surface area (Å²) in [5.74, 6) is 0.104. The molecule has 1 unspecified atom stereocenters. The van der Waals surface area contributed by atoms with Gasteiger partial charge in [-0.3, -0.25) is 4.79 Å². The van der Waals surface area contributed by atoms with E-state index in [4.69, 9.17) is 9.47 Å². The molecule has 0 aromatic heterocycles. The molecule has 0 saturated heterocycles. The number of halogens is 1. The molecule has 1 aromatic rings. The summed E-state index contributed by atoms with van der Waals surface area (Å²) in [5, 5.41) is 10.6. The minimum Gasteiger partial charge on any atom is -0.426 e. The number of aliphatic hydroxyl groups excluding tert-OH is 1. The first kappa shape index (κ1) is 17.6. The van der Waals surface area contributed by atoms with E-state index in [9.17, 15) is 9.90 Å². The molecule has 1 spiro atoms. The van der Waals surface area contributed by atoms with E-state index < -0.39 is 16.2 Å². The van der Waals surface area contributed by atoms with Gasteiger partial charge in [0.05, 0.1) is 5.57 Å². The molecule has 0 bridgehead atoms. The van der Waals surface area contributed by atoms with Crippen molar-refractivity contribution in [2.45, 2.75) is 62.7 Å². The van der Waals surface area contributed by atoms with Gasteiger partial charge in [-0.2, -0.15) is 0 Å². The van der Waals surface area contributed by atoms with Gasteiger partial charge in [-0.05, 0) is 57.6 Å². The van der Waals surface area contributed by atoms with Gasteiger partial charge >= 0.3 is 5.97 Å². The van der Waals surface area contributed by atoms with Gasteiger partial charge in [-0.1, -0.05) is 40.2 Å². The van der Waals surface area contributed by atoms with Gasteiger partial charge in [0.1, 0.15) is 15.7 Å². The maximum absolute atomic E-state index is 12.5. The SMILES string of the molecule is Cc1ccccc1C1=C(OC(=O)C(C)(C)Br)C2(CCCC2)OC1O. The molecular weight excluding hydrogens is 372 g/mol. The van der Waals surface area contributed by atoms with Crippen LogP contribution in [0.3, 0.4) is 0 Å². The molecule has 5 heteroatoms. The van der Waals surface area contributed by atoms with Crippen molar-refractivity contribution >= 4 is 27.5 Å². The highest BCUT2D eigenvalue weighted by atomic mass is 79.9. The van der Waals surface area contributed by atoms with Crippen LogP contribution in [-0.4, -0.2) is 27.3 Å². The Morgan fingerprint density at radius 2 is 1.96 bits per heavy atom. The molecule has 3 rings (SSSR count). The predicted molar refractivity (Wildman–Crippen MR) is 95.5 cm³/mol. The van der Waals surface area contributed by atoms with Crippen molar-refractivity contribution in [3.8, 4) is 0 Å². The number of hydrogen-bond donors (Lipinski definition) is 1. The molecule has 130 valence electrons. The van der Waals surface area contributed by atoms with Crippen LogP contribution in [0.2, 0.25) is 0 Å². The van der Waals surface area contributed by atoms with E-state index in [1.165, 1.54) is 0 Å². The van der Waals surface area contributed by atoms with Gasteiger partial charge in [-0.15, -0.1) is 0 Å². The third-order valence-corrected chi connectivity index (χ3v) is 5.09. The number of aliphatic hydroxyl groups is 1. The monoisotopic (exact) mass is 394 g/mol. The van der Waals surface area contributed by atoms with Gasteiger partial charge in [0.15, 0.2) is 6.29 Å². The van der Waals surface area contributed by atoms with E-state index in [0.29, 0.717) is 11.3 Å². The lowest BCUT2D eigenvalue weighted by Crippen LogP contribution is -2.34. The number of esters is 1. The van der Waals surface area contributed by atoms with E-state index >= 15 is 0 Å². The Morgan fingerprint density at radius 1 is 1.33 bits per heavy atom. The predicted octanol–water partition coefficient (Wildman–Crippen LogP) is 4.08. The number of alkyl halides is 1. The van der Waals surface area contributed by atoms with Crippen LogP contribution in [0, 0.1) is 6.92 Å². The van der Waals surface area contributed by atoms with Gasteiger partial charge in [-0.25, -0.2) is 0 Å². The van der Waals surface area contributed by atoms with Crippen molar-refractivity contribution in [2.24, 2.45) is 0 Å². The first-order valence-electron chi connectivity index (χ1n) is 8.32. The maximum atomic E-state index is 12.5. The zero-order chi connectivity index (χ0) is 17.5. The molecule has 0 radical (unpaired) electrons. The minimum absolute atomic E-state index is 0.382. The van der Waals surface area contributed by atoms with Crippen LogP contribution in [0.4, 0.5) is 0 Å². The number of hydrogen-bond acceptors (Lipinski definition) is 4. The Hall–Kier alpha value is -1.17. The fraction of sp³-hybridized carbons (Fsp3) is 0.526. The smallest absolute Gasteiger partial charge is 0.327 e. The molecule has 1 aliphatic heterocycles. The molecule has 1 aliphatic carbocycles. The summed E-state index contributed by atoms with van der Waals surface area (Å²) >= 11 is 3.35. The van der Waals surface area contributed by atoms with Crippen molar-refractivity contribution in [1.29, 1.82) is 0 Å².